The lowest BCUT2D eigenvalue weighted by atomic mass is 10.0. The summed E-state index contributed by atoms with van der Waals surface area (Å²) in [5.41, 5.74) is 1.88. The molecule has 4 atom stereocenters. The second-order valence-electron chi connectivity index (χ2n) is 8.84. The Kier molecular flexibility index (Phi) is 5.61. The Labute approximate surface area is 185 Å². The zero-order valence-corrected chi connectivity index (χ0v) is 19.1. The van der Waals surface area contributed by atoms with Crippen LogP contribution in [-0.4, -0.2) is 66.2 Å². The molecule has 31 heavy (non-hydrogen) atoms. The Morgan fingerprint density at radius 3 is 2.65 bits per heavy atom. The first kappa shape index (κ1) is 20.7. The fraction of sp³-hybridized carbons (Fsp3) is 0.458. The van der Waals surface area contributed by atoms with Crippen molar-refractivity contribution in [2.24, 2.45) is 11.8 Å². The summed E-state index contributed by atoms with van der Waals surface area (Å²) >= 11 is 0. The van der Waals surface area contributed by atoms with Gasteiger partial charge in [-0.15, -0.1) is 0 Å². The maximum atomic E-state index is 14.1. The van der Waals surface area contributed by atoms with Crippen LogP contribution in [0.15, 0.2) is 48.3 Å². The van der Waals surface area contributed by atoms with E-state index in [1.54, 1.807) is 12.1 Å². The average Bonchev–Trinajstić information content (AvgIpc) is 3.32. The van der Waals surface area contributed by atoms with Gasteiger partial charge in [-0.25, -0.2) is 4.39 Å². The molecule has 0 saturated carbocycles. The summed E-state index contributed by atoms with van der Waals surface area (Å²) in [6.45, 7) is 7.99. The third-order valence-electron chi connectivity index (χ3n) is 6.78. The van der Waals surface area contributed by atoms with Crippen molar-refractivity contribution < 1.29 is 13.9 Å². The van der Waals surface area contributed by atoms with E-state index >= 15 is 0 Å². The third-order valence-corrected chi connectivity index (χ3v) is 8.29. The predicted molar refractivity (Wildman–Crippen MR) is 122 cm³/mol. The van der Waals surface area contributed by atoms with Crippen LogP contribution in [0.5, 0.6) is 5.75 Å². The molecule has 0 bridgehead atoms. The molecular weight excluding hydrogens is 412 g/mol. The predicted octanol–water partition coefficient (Wildman–Crippen LogP) is 3.71. The molecule has 1 amide bonds. The van der Waals surface area contributed by atoms with E-state index in [0.717, 1.165) is 41.5 Å². The molecule has 0 radical (unpaired) electrons. The van der Waals surface area contributed by atoms with Crippen molar-refractivity contribution >= 4 is 19.8 Å². The van der Waals surface area contributed by atoms with E-state index in [-0.39, 0.29) is 17.4 Å². The number of hydrogen-bond acceptors (Lipinski definition) is 4. The number of likely N-dealkylation sites (tertiary alicyclic amines) is 2. The SMILES string of the molecule is CCCN1CC2CN(C3=CN4C(=O)C=C(c5ccc(OC)c(F)c5)PC4C=C3)C[C@H]2C1. The average molecular weight is 441 g/mol. The number of carbonyl (C=O) groups excluding carboxylic acids is 1. The minimum Gasteiger partial charge on any atom is -0.494 e. The van der Waals surface area contributed by atoms with Crippen molar-refractivity contribution in [3.05, 3.63) is 59.7 Å². The highest BCUT2D eigenvalue weighted by Gasteiger charge is 2.40. The summed E-state index contributed by atoms with van der Waals surface area (Å²) in [5, 5.41) is 0.890. The third kappa shape index (κ3) is 3.92. The molecule has 0 aliphatic carbocycles. The van der Waals surface area contributed by atoms with Gasteiger partial charge in [-0.3, -0.25) is 4.79 Å². The van der Waals surface area contributed by atoms with Gasteiger partial charge in [0, 0.05) is 38.5 Å². The van der Waals surface area contributed by atoms with Gasteiger partial charge in [-0.05, 0) is 53.9 Å². The summed E-state index contributed by atoms with van der Waals surface area (Å²) in [6, 6.07) is 4.90. The van der Waals surface area contributed by atoms with E-state index in [1.165, 1.54) is 39.2 Å². The van der Waals surface area contributed by atoms with Crippen LogP contribution in [0.3, 0.4) is 0 Å². The molecule has 0 spiro atoms. The molecule has 4 aliphatic rings. The molecule has 4 aliphatic heterocycles. The maximum absolute atomic E-state index is 14.1. The highest BCUT2D eigenvalue weighted by Crippen LogP contribution is 2.45. The van der Waals surface area contributed by atoms with Crippen LogP contribution in [0.2, 0.25) is 0 Å². The topological polar surface area (TPSA) is 36.0 Å². The van der Waals surface area contributed by atoms with Gasteiger partial charge in [0.1, 0.15) is 0 Å². The Morgan fingerprint density at radius 1 is 1.19 bits per heavy atom. The smallest absolute Gasteiger partial charge is 0.252 e. The van der Waals surface area contributed by atoms with Gasteiger partial charge in [0.05, 0.1) is 18.6 Å². The summed E-state index contributed by atoms with van der Waals surface area (Å²) in [6.07, 6.45) is 9.20. The molecule has 4 heterocycles. The monoisotopic (exact) mass is 441 g/mol. The molecule has 0 aromatic heterocycles. The number of methoxy groups -OCH3 is 1. The number of rotatable bonds is 5. The molecular formula is C24H29FN3O2P. The molecule has 5 nitrogen and oxygen atoms in total. The molecule has 5 rings (SSSR count). The van der Waals surface area contributed by atoms with Crippen LogP contribution < -0.4 is 4.74 Å². The van der Waals surface area contributed by atoms with Gasteiger partial charge in [-0.1, -0.05) is 27.6 Å². The second kappa shape index (κ2) is 8.40. The van der Waals surface area contributed by atoms with Crippen LogP contribution in [0, 0.1) is 17.7 Å². The molecule has 0 N–H and O–H groups in total. The normalized spacial score (nSPS) is 28.6. The van der Waals surface area contributed by atoms with Crippen molar-refractivity contribution in [1.82, 2.24) is 14.7 Å². The van der Waals surface area contributed by atoms with Gasteiger partial charge in [0.2, 0.25) is 0 Å². The van der Waals surface area contributed by atoms with E-state index in [1.807, 2.05) is 17.2 Å². The standard InChI is InChI=1S/C24H29FN3O2P/c1-3-8-26-11-17-13-27(14-18(17)12-26)19-5-7-24-28(15-19)23(29)10-22(31-24)16-4-6-21(30-2)20(25)9-16/h4-7,9-10,15,17-18,24,31H,3,8,11-14H2,1-2H3/t17-,18?,24?/m1/s1. The number of ether oxygens (including phenoxy) is 1. The van der Waals surface area contributed by atoms with Crippen LogP contribution in [0.25, 0.3) is 5.31 Å². The number of benzene rings is 1. The zero-order valence-electron chi connectivity index (χ0n) is 18.1. The molecule has 2 saturated heterocycles. The highest BCUT2D eigenvalue weighted by atomic mass is 31.1. The van der Waals surface area contributed by atoms with Crippen LogP contribution >= 0.6 is 8.58 Å². The van der Waals surface area contributed by atoms with Crippen molar-refractivity contribution in [3.8, 4) is 5.75 Å². The van der Waals surface area contributed by atoms with E-state index in [4.69, 9.17) is 4.74 Å². The molecule has 2 fully saturated rings. The van der Waals surface area contributed by atoms with Crippen molar-refractivity contribution in [2.75, 3.05) is 39.8 Å². The minimum absolute atomic E-state index is 0.00330. The minimum atomic E-state index is -0.404. The molecule has 1 aromatic carbocycles. The van der Waals surface area contributed by atoms with Gasteiger partial charge in [-0.2, -0.15) is 0 Å². The zero-order chi connectivity index (χ0) is 21.5. The number of amides is 1. The number of nitrogens with zero attached hydrogens (tertiary/aromatic N) is 3. The van der Waals surface area contributed by atoms with Gasteiger partial charge in [0.25, 0.3) is 5.91 Å². The lowest BCUT2D eigenvalue weighted by Crippen LogP contribution is -2.37. The summed E-state index contributed by atoms with van der Waals surface area (Å²) < 4.78 is 19.2. The van der Waals surface area contributed by atoms with Crippen molar-refractivity contribution in [1.29, 1.82) is 0 Å². The van der Waals surface area contributed by atoms with Crippen molar-refractivity contribution in [2.45, 2.75) is 19.1 Å². The van der Waals surface area contributed by atoms with Crippen LogP contribution in [0.4, 0.5) is 4.39 Å². The van der Waals surface area contributed by atoms with Gasteiger partial charge < -0.3 is 19.4 Å². The largest absolute Gasteiger partial charge is 0.494 e. The van der Waals surface area contributed by atoms with Gasteiger partial charge >= 0.3 is 0 Å². The lowest BCUT2D eigenvalue weighted by molar-refractivity contribution is -0.123. The maximum Gasteiger partial charge on any atom is 0.252 e. The first-order chi connectivity index (χ1) is 15.1. The first-order valence-corrected chi connectivity index (χ1v) is 12.1. The Hall–Kier alpha value is -2.17. The molecule has 3 unspecified atom stereocenters. The second-order valence-corrected chi connectivity index (χ2v) is 10.3. The summed E-state index contributed by atoms with van der Waals surface area (Å²) in [5.74, 6) is 1.24. The van der Waals surface area contributed by atoms with E-state index in [0.29, 0.717) is 8.58 Å². The van der Waals surface area contributed by atoms with E-state index < -0.39 is 5.82 Å². The summed E-state index contributed by atoms with van der Waals surface area (Å²) in [7, 11) is 1.83. The molecule has 1 aromatic rings. The van der Waals surface area contributed by atoms with E-state index in [9.17, 15) is 9.18 Å². The first-order valence-electron chi connectivity index (χ1n) is 11.1. The Morgan fingerprint density at radius 2 is 1.97 bits per heavy atom. The van der Waals surface area contributed by atoms with Gasteiger partial charge in [0.15, 0.2) is 11.6 Å². The summed E-state index contributed by atoms with van der Waals surface area (Å²) in [4.78, 5) is 19.8. The molecule has 7 heteroatoms. The Balaban J connectivity index is 1.29. The fourth-order valence-electron chi connectivity index (χ4n) is 5.25. The quantitative estimate of drug-likeness (QED) is 0.653. The number of allylic oxidation sites excluding steroid dienone is 1. The lowest BCUT2D eigenvalue weighted by Gasteiger charge is -2.36. The fourth-order valence-corrected chi connectivity index (χ4v) is 6.63. The van der Waals surface area contributed by atoms with Crippen LogP contribution in [0.1, 0.15) is 18.9 Å². The van der Waals surface area contributed by atoms with Crippen molar-refractivity contribution in [3.63, 3.8) is 0 Å². The number of halogens is 1. The Bertz CT molecular complexity index is 962. The number of hydrogen-bond donors (Lipinski definition) is 0. The number of fused-ring (bicyclic) bond motifs is 2. The highest BCUT2D eigenvalue weighted by molar-refractivity contribution is 7.51. The van der Waals surface area contributed by atoms with E-state index in [2.05, 4.69) is 28.9 Å². The van der Waals surface area contributed by atoms with Crippen LogP contribution in [-0.2, 0) is 4.79 Å². The number of carbonyl (C=O) groups is 1. The molecule has 164 valence electrons.